The minimum Gasteiger partial charge on any atom is -0.352 e. The van der Waals surface area contributed by atoms with Crippen molar-refractivity contribution in [1.82, 2.24) is 29.8 Å². The minimum absolute atomic E-state index is 0.156. The van der Waals surface area contributed by atoms with E-state index in [1.807, 2.05) is 22.8 Å². The Morgan fingerprint density at radius 3 is 2.85 bits per heavy atom. The fourth-order valence-corrected chi connectivity index (χ4v) is 2.80. The van der Waals surface area contributed by atoms with Crippen molar-refractivity contribution in [2.75, 3.05) is 6.54 Å². The molecule has 3 aromatic heterocycles. The van der Waals surface area contributed by atoms with Crippen LogP contribution in [0, 0.1) is 0 Å². The van der Waals surface area contributed by atoms with Gasteiger partial charge in [-0.05, 0) is 11.6 Å². The number of carbonyl (C=O) groups is 1. The first-order valence-corrected chi connectivity index (χ1v) is 8.40. The standard InChI is InChI=1S/C19H18N6O/c26-19(21-7-6-16-10-20-12-23-16)15-8-17-18(22-9-15)25(13-24-17)11-14-4-2-1-3-5-14/h1-5,8-10,12-13H,6-7,11H2,(H,20,23)(H,21,26). The largest absolute Gasteiger partial charge is 0.352 e. The van der Waals surface area contributed by atoms with Crippen LogP contribution in [0.2, 0.25) is 0 Å². The average Bonchev–Trinajstić information content (AvgIpc) is 3.32. The zero-order valence-corrected chi connectivity index (χ0v) is 14.1. The Morgan fingerprint density at radius 2 is 2.04 bits per heavy atom. The van der Waals surface area contributed by atoms with Gasteiger partial charge in [-0.1, -0.05) is 30.3 Å². The molecular weight excluding hydrogens is 328 g/mol. The number of aromatic nitrogens is 5. The summed E-state index contributed by atoms with van der Waals surface area (Å²) in [6, 6.07) is 11.9. The lowest BCUT2D eigenvalue weighted by Gasteiger charge is -2.06. The van der Waals surface area contributed by atoms with Gasteiger partial charge in [-0.3, -0.25) is 4.79 Å². The van der Waals surface area contributed by atoms with Crippen LogP contribution < -0.4 is 5.32 Å². The van der Waals surface area contributed by atoms with Crippen molar-refractivity contribution in [2.45, 2.75) is 13.0 Å². The minimum atomic E-state index is -0.156. The van der Waals surface area contributed by atoms with Gasteiger partial charge < -0.3 is 14.9 Å². The summed E-state index contributed by atoms with van der Waals surface area (Å²) >= 11 is 0. The van der Waals surface area contributed by atoms with Crippen molar-refractivity contribution in [2.24, 2.45) is 0 Å². The molecule has 1 aromatic carbocycles. The van der Waals surface area contributed by atoms with E-state index in [4.69, 9.17) is 0 Å². The number of rotatable bonds is 6. The lowest BCUT2D eigenvalue weighted by atomic mass is 10.2. The second-order valence-corrected chi connectivity index (χ2v) is 6.01. The van der Waals surface area contributed by atoms with Crippen LogP contribution in [-0.2, 0) is 13.0 Å². The Hall–Kier alpha value is -3.48. The van der Waals surface area contributed by atoms with Gasteiger partial charge in [0.1, 0.15) is 5.52 Å². The molecule has 1 amide bonds. The first-order chi connectivity index (χ1) is 12.8. The molecule has 4 rings (SSSR count). The number of pyridine rings is 1. The van der Waals surface area contributed by atoms with Crippen molar-refractivity contribution in [3.8, 4) is 0 Å². The quantitative estimate of drug-likeness (QED) is 0.560. The number of carbonyl (C=O) groups excluding carboxylic acids is 1. The summed E-state index contributed by atoms with van der Waals surface area (Å²) in [4.78, 5) is 28.1. The predicted octanol–water partition coefficient (Wildman–Crippen LogP) is 2.18. The Morgan fingerprint density at radius 1 is 1.15 bits per heavy atom. The van der Waals surface area contributed by atoms with Crippen LogP contribution in [0.5, 0.6) is 0 Å². The number of nitrogens with zero attached hydrogens (tertiary/aromatic N) is 4. The molecule has 0 spiro atoms. The van der Waals surface area contributed by atoms with E-state index in [-0.39, 0.29) is 5.91 Å². The third-order valence-corrected chi connectivity index (χ3v) is 4.15. The highest BCUT2D eigenvalue weighted by molar-refractivity contribution is 5.96. The molecule has 130 valence electrons. The molecule has 4 aromatic rings. The molecule has 0 saturated heterocycles. The normalized spacial score (nSPS) is 10.9. The fraction of sp³-hybridized carbons (Fsp3) is 0.158. The zero-order valence-electron chi connectivity index (χ0n) is 14.1. The van der Waals surface area contributed by atoms with Gasteiger partial charge in [-0.25, -0.2) is 15.0 Å². The molecule has 2 N–H and O–H groups in total. The molecule has 0 saturated carbocycles. The molecule has 0 aliphatic heterocycles. The average molecular weight is 346 g/mol. The number of fused-ring (bicyclic) bond motifs is 1. The van der Waals surface area contributed by atoms with Gasteiger partial charge in [0, 0.05) is 31.1 Å². The summed E-state index contributed by atoms with van der Waals surface area (Å²) in [6.07, 6.45) is 7.43. The molecule has 0 bridgehead atoms. The number of amides is 1. The number of benzene rings is 1. The monoisotopic (exact) mass is 346 g/mol. The van der Waals surface area contributed by atoms with Crippen molar-refractivity contribution >= 4 is 17.1 Å². The molecule has 3 heterocycles. The molecule has 0 atom stereocenters. The second-order valence-electron chi connectivity index (χ2n) is 6.01. The topological polar surface area (TPSA) is 88.5 Å². The first kappa shape index (κ1) is 16.0. The van der Waals surface area contributed by atoms with E-state index in [9.17, 15) is 4.79 Å². The number of imidazole rings is 2. The van der Waals surface area contributed by atoms with Crippen LogP contribution in [0.3, 0.4) is 0 Å². The number of hydrogen-bond donors (Lipinski definition) is 2. The maximum atomic E-state index is 12.3. The molecule has 0 aliphatic rings. The Labute approximate surface area is 150 Å². The van der Waals surface area contributed by atoms with Crippen molar-refractivity contribution in [3.05, 3.63) is 78.3 Å². The summed E-state index contributed by atoms with van der Waals surface area (Å²) in [5, 5.41) is 2.89. The summed E-state index contributed by atoms with van der Waals surface area (Å²) in [6.45, 7) is 1.22. The number of hydrogen-bond acceptors (Lipinski definition) is 4. The van der Waals surface area contributed by atoms with Crippen molar-refractivity contribution in [3.63, 3.8) is 0 Å². The van der Waals surface area contributed by atoms with E-state index in [2.05, 4.69) is 37.4 Å². The highest BCUT2D eigenvalue weighted by Crippen LogP contribution is 2.14. The first-order valence-electron chi connectivity index (χ1n) is 8.40. The highest BCUT2D eigenvalue weighted by Gasteiger charge is 2.10. The molecular formula is C19H18N6O. The van der Waals surface area contributed by atoms with E-state index in [0.717, 1.165) is 11.3 Å². The fourth-order valence-electron chi connectivity index (χ4n) is 2.80. The summed E-state index contributed by atoms with van der Waals surface area (Å²) in [5.74, 6) is -0.156. The van der Waals surface area contributed by atoms with Crippen LogP contribution in [0.25, 0.3) is 11.2 Å². The second kappa shape index (κ2) is 7.18. The zero-order chi connectivity index (χ0) is 17.8. The predicted molar refractivity (Wildman–Crippen MR) is 97.7 cm³/mol. The van der Waals surface area contributed by atoms with Crippen molar-refractivity contribution < 1.29 is 4.79 Å². The van der Waals surface area contributed by atoms with Gasteiger partial charge in [0.15, 0.2) is 5.65 Å². The molecule has 26 heavy (non-hydrogen) atoms. The SMILES string of the molecule is O=C(NCCc1cnc[nH]1)c1cnc2c(c1)ncn2Cc1ccccc1. The van der Waals surface area contributed by atoms with E-state index in [1.54, 1.807) is 31.1 Å². The summed E-state index contributed by atoms with van der Waals surface area (Å²) in [7, 11) is 0. The molecule has 7 nitrogen and oxygen atoms in total. The number of aromatic amines is 1. The lowest BCUT2D eigenvalue weighted by molar-refractivity contribution is 0.0954. The molecule has 7 heteroatoms. The lowest BCUT2D eigenvalue weighted by Crippen LogP contribution is -2.25. The van der Waals surface area contributed by atoms with Crippen LogP contribution in [0.4, 0.5) is 0 Å². The van der Waals surface area contributed by atoms with E-state index in [0.29, 0.717) is 30.6 Å². The molecule has 0 fully saturated rings. The van der Waals surface area contributed by atoms with Gasteiger partial charge in [0.25, 0.3) is 5.91 Å². The Bertz CT molecular complexity index is 1010. The summed E-state index contributed by atoms with van der Waals surface area (Å²) < 4.78 is 1.98. The third kappa shape index (κ3) is 3.46. The van der Waals surface area contributed by atoms with E-state index in [1.165, 1.54) is 5.56 Å². The molecule has 0 radical (unpaired) electrons. The number of nitrogens with one attached hydrogen (secondary N) is 2. The Balaban J connectivity index is 1.45. The van der Waals surface area contributed by atoms with Crippen LogP contribution >= 0.6 is 0 Å². The third-order valence-electron chi connectivity index (χ3n) is 4.15. The Kier molecular flexibility index (Phi) is 4.42. The van der Waals surface area contributed by atoms with Gasteiger partial charge in [-0.15, -0.1) is 0 Å². The van der Waals surface area contributed by atoms with Gasteiger partial charge in [-0.2, -0.15) is 0 Å². The smallest absolute Gasteiger partial charge is 0.252 e. The molecule has 0 unspecified atom stereocenters. The van der Waals surface area contributed by atoms with Crippen LogP contribution in [0.15, 0.2) is 61.4 Å². The van der Waals surface area contributed by atoms with Gasteiger partial charge >= 0.3 is 0 Å². The van der Waals surface area contributed by atoms with Gasteiger partial charge in [0.2, 0.25) is 0 Å². The van der Waals surface area contributed by atoms with Crippen LogP contribution in [-0.4, -0.2) is 37.0 Å². The maximum absolute atomic E-state index is 12.3. The van der Waals surface area contributed by atoms with Crippen LogP contribution in [0.1, 0.15) is 21.6 Å². The molecule has 0 aliphatic carbocycles. The number of H-pyrrole nitrogens is 1. The summed E-state index contributed by atoms with van der Waals surface area (Å²) in [5.41, 5.74) is 4.14. The van der Waals surface area contributed by atoms with E-state index >= 15 is 0 Å². The highest BCUT2D eigenvalue weighted by atomic mass is 16.1. The van der Waals surface area contributed by atoms with Gasteiger partial charge in [0.05, 0.1) is 24.8 Å². The maximum Gasteiger partial charge on any atom is 0.252 e. The van der Waals surface area contributed by atoms with Crippen molar-refractivity contribution in [1.29, 1.82) is 0 Å². The van der Waals surface area contributed by atoms with E-state index < -0.39 is 0 Å².